The lowest BCUT2D eigenvalue weighted by atomic mass is 9.71. The molecule has 0 aromatic carbocycles. The molecule has 114 valence electrons. The van der Waals surface area contributed by atoms with E-state index in [0.29, 0.717) is 25.4 Å². The Hall–Kier alpha value is -1.24. The molecule has 0 saturated carbocycles. The predicted octanol–water partition coefficient (Wildman–Crippen LogP) is 3.96. The van der Waals surface area contributed by atoms with Crippen LogP contribution in [0.1, 0.15) is 60.3 Å². The van der Waals surface area contributed by atoms with E-state index < -0.39 is 5.60 Å². The van der Waals surface area contributed by atoms with Crippen LogP contribution in [0.3, 0.4) is 0 Å². The molecule has 4 heteroatoms. The maximum absolute atomic E-state index is 12.0. The molecule has 0 aromatic heterocycles. The Morgan fingerprint density at radius 3 is 2.30 bits per heavy atom. The second-order valence-corrected chi connectivity index (χ2v) is 7.40. The summed E-state index contributed by atoms with van der Waals surface area (Å²) in [4.78, 5) is 13.8. The third kappa shape index (κ3) is 5.03. The molecule has 1 amide bonds. The van der Waals surface area contributed by atoms with Crippen LogP contribution in [-0.4, -0.2) is 29.7 Å². The fourth-order valence-corrected chi connectivity index (χ4v) is 2.98. The van der Waals surface area contributed by atoms with Crippen LogP contribution in [0.25, 0.3) is 0 Å². The zero-order valence-corrected chi connectivity index (χ0v) is 13.5. The Morgan fingerprint density at radius 2 is 1.90 bits per heavy atom. The molecule has 1 rings (SSSR count). The highest BCUT2D eigenvalue weighted by Gasteiger charge is 2.37. The summed E-state index contributed by atoms with van der Waals surface area (Å²) < 4.78 is 5.41. The van der Waals surface area contributed by atoms with Crippen molar-refractivity contribution in [3.05, 3.63) is 0 Å². The third-order valence-electron chi connectivity index (χ3n) is 3.77. The maximum atomic E-state index is 12.0. The van der Waals surface area contributed by atoms with E-state index in [2.05, 4.69) is 19.9 Å². The maximum Gasteiger partial charge on any atom is 0.410 e. The van der Waals surface area contributed by atoms with Crippen LogP contribution < -0.4 is 0 Å². The van der Waals surface area contributed by atoms with Crippen LogP contribution in [0.15, 0.2) is 0 Å². The van der Waals surface area contributed by atoms with Gasteiger partial charge in [-0.05, 0) is 51.4 Å². The van der Waals surface area contributed by atoms with Gasteiger partial charge >= 0.3 is 6.09 Å². The van der Waals surface area contributed by atoms with Crippen LogP contribution in [-0.2, 0) is 4.74 Å². The van der Waals surface area contributed by atoms with Crippen molar-refractivity contribution >= 4 is 6.09 Å². The first kappa shape index (κ1) is 16.8. The van der Waals surface area contributed by atoms with Crippen molar-refractivity contribution in [1.29, 1.82) is 5.26 Å². The molecule has 0 unspecified atom stereocenters. The van der Waals surface area contributed by atoms with Crippen LogP contribution in [0, 0.1) is 22.7 Å². The first-order valence-electron chi connectivity index (χ1n) is 7.52. The molecule has 0 aromatic rings. The van der Waals surface area contributed by atoms with Gasteiger partial charge in [0.25, 0.3) is 0 Å². The molecule has 1 fully saturated rings. The summed E-state index contributed by atoms with van der Waals surface area (Å²) in [5.74, 6) is 0.580. The first-order chi connectivity index (χ1) is 9.17. The number of amides is 1. The van der Waals surface area contributed by atoms with E-state index in [-0.39, 0.29) is 11.5 Å². The Labute approximate surface area is 123 Å². The molecule has 1 aliphatic heterocycles. The number of rotatable bonds is 3. The lowest BCUT2D eigenvalue weighted by Gasteiger charge is -2.41. The minimum atomic E-state index is -0.448. The van der Waals surface area contributed by atoms with Crippen molar-refractivity contribution in [3.63, 3.8) is 0 Å². The van der Waals surface area contributed by atoms with Gasteiger partial charge in [-0.15, -0.1) is 0 Å². The topological polar surface area (TPSA) is 53.3 Å². The van der Waals surface area contributed by atoms with Gasteiger partial charge in [0.05, 0.1) is 6.07 Å². The Kier molecular flexibility index (Phi) is 5.44. The first-order valence-corrected chi connectivity index (χ1v) is 7.52. The molecule has 0 bridgehead atoms. The van der Waals surface area contributed by atoms with Crippen molar-refractivity contribution in [3.8, 4) is 6.07 Å². The lowest BCUT2D eigenvalue weighted by molar-refractivity contribution is 0.00792. The average Bonchev–Trinajstić information content (AvgIpc) is 2.26. The monoisotopic (exact) mass is 280 g/mol. The second kappa shape index (κ2) is 6.47. The molecule has 20 heavy (non-hydrogen) atoms. The van der Waals surface area contributed by atoms with Gasteiger partial charge in [0, 0.05) is 19.5 Å². The van der Waals surface area contributed by atoms with E-state index in [0.717, 1.165) is 19.3 Å². The second-order valence-electron chi connectivity index (χ2n) is 7.40. The number of hydrogen-bond donors (Lipinski definition) is 0. The van der Waals surface area contributed by atoms with Gasteiger partial charge in [-0.2, -0.15) is 5.26 Å². The van der Waals surface area contributed by atoms with Crippen molar-refractivity contribution in [1.82, 2.24) is 4.90 Å². The molecule has 0 atom stereocenters. The number of nitriles is 1. The number of ether oxygens (including phenoxy) is 1. The van der Waals surface area contributed by atoms with E-state index in [1.165, 1.54) is 0 Å². The van der Waals surface area contributed by atoms with Gasteiger partial charge in [0.1, 0.15) is 5.60 Å². The van der Waals surface area contributed by atoms with Crippen molar-refractivity contribution < 1.29 is 9.53 Å². The number of hydrogen-bond acceptors (Lipinski definition) is 3. The molecule has 4 nitrogen and oxygen atoms in total. The third-order valence-corrected chi connectivity index (χ3v) is 3.77. The molecule has 0 aliphatic carbocycles. The summed E-state index contributed by atoms with van der Waals surface area (Å²) in [5.41, 5.74) is -0.363. The van der Waals surface area contributed by atoms with Crippen LogP contribution >= 0.6 is 0 Å². The standard InChI is InChI=1S/C16H28N2O2/c1-13(2)12-16(6-9-17)7-10-18(11-8-16)14(19)20-15(3,4)5/h13H,6-8,10-12H2,1-5H3. The fourth-order valence-electron chi connectivity index (χ4n) is 2.98. The van der Waals surface area contributed by atoms with Gasteiger partial charge in [-0.3, -0.25) is 0 Å². The van der Waals surface area contributed by atoms with E-state index in [9.17, 15) is 4.79 Å². The smallest absolute Gasteiger partial charge is 0.410 e. The predicted molar refractivity (Wildman–Crippen MR) is 79.2 cm³/mol. The van der Waals surface area contributed by atoms with Gasteiger partial charge in [-0.1, -0.05) is 13.8 Å². The van der Waals surface area contributed by atoms with Crippen LogP contribution in [0.4, 0.5) is 4.79 Å². The van der Waals surface area contributed by atoms with Gasteiger partial charge < -0.3 is 9.64 Å². The zero-order chi connectivity index (χ0) is 15.4. The quantitative estimate of drug-likeness (QED) is 0.786. The Bertz CT molecular complexity index is 369. The summed E-state index contributed by atoms with van der Waals surface area (Å²) in [5, 5.41) is 9.07. The average molecular weight is 280 g/mol. The molecule has 0 spiro atoms. The SMILES string of the molecule is CC(C)CC1(CC#N)CCN(C(=O)OC(C)(C)C)CC1. The molecular weight excluding hydrogens is 252 g/mol. The molecule has 1 saturated heterocycles. The highest BCUT2D eigenvalue weighted by molar-refractivity contribution is 5.68. The van der Waals surface area contributed by atoms with Gasteiger partial charge in [0.15, 0.2) is 0 Å². The number of carbonyl (C=O) groups excluding carboxylic acids is 1. The number of carbonyl (C=O) groups is 1. The Balaban J connectivity index is 2.60. The molecule has 1 heterocycles. The number of likely N-dealkylation sites (tertiary alicyclic amines) is 1. The van der Waals surface area contributed by atoms with Gasteiger partial charge in [0.2, 0.25) is 0 Å². The lowest BCUT2D eigenvalue weighted by Crippen LogP contribution is -2.45. The van der Waals surface area contributed by atoms with E-state index in [1.807, 2.05) is 20.8 Å². The fraction of sp³-hybridized carbons (Fsp3) is 0.875. The minimum Gasteiger partial charge on any atom is -0.444 e. The van der Waals surface area contributed by atoms with Gasteiger partial charge in [-0.25, -0.2) is 4.79 Å². The van der Waals surface area contributed by atoms with Crippen molar-refractivity contribution in [2.75, 3.05) is 13.1 Å². The minimum absolute atomic E-state index is 0.0848. The highest BCUT2D eigenvalue weighted by atomic mass is 16.6. The number of nitrogens with zero attached hydrogens (tertiary/aromatic N) is 2. The molecule has 0 N–H and O–H groups in total. The van der Waals surface area contributed by atoms with E-state index in [1.54, 1.807) is 4.90 Å². The molecular formula is C16H28N2O2. The normalized spacial score (nSPS) is 18.8. The summed E-state index contributed by atoms with van der Waals surface area (Å²) >= 11 is 0. The number of piperidine rings is 1. The van der Waals surface area contributed by atoms with Crippen LogP contribution in [0.5, 0.6) is 0 Å². The van der Waals surface area contributed by atoms with E-state index in [4.69, 9.17) is 10.00 Å². The van der Waals surface area contributed by atoms with Crippen molar-refractivity contribution in [2.24, 2.45) is 11.3 Å². The summed E-state index contributed by atoms with van der Waals surface area (Å²) in [6.45, 7) is 11.4. The summed E-state index contributed by atoms with van der Waals surface area (Å²) in [6.07, 6.45) is 3.22. The summed E-state index contributed by atoms with van der Waals surface area (Å²) in [6, 6.07) is 2.33. The van der Waals surface area contributed by atoms with Crippen LogP contribution in [0.2, 0.25) is 0 Å². The highest BCUT2D eigenvalue weighted by Crippen LogP contribution is 2.40. The Morgan fingerprint density at radius 1 is 1.35 bits per heavy atom. The largest absolute Gasteiger partial charge is 0.444 e. The zero-order valence-electron chi connectivity index (χ0n) is 13.5. The molecule has 0 radical (unpaired) electrons. The van der Waals surface area contributed by atoms with E-state index >= 15 is 0 Å². The molecule has 1 aliphatic rings. The van der Waals surface area contributed by atoms with Crippen molar-refractivity contribution in [2.45, 2.75) is 65.9 Å². The summed E-state index contributed by atoms with van der Waals surface area (Å²) in [7, 11) is 0.